The first-order chi connectivity index (χ1) is 16.1. The molecule has 2 aliphatic rings. The highest BCUT2D eigenvalue weighted by atomic mass is 19.4. The molecule has 0 saturated carbocycles. The van der Waals surface area contributed by atoms with Gasteiger partial charge in [0.25, 0.3) is 0 Å². The minimum atomic E-state index is -4.38. The lowest BCUT2D eigenvalue weighted by molar-refractivity contribution is -0.137. The number of hydrogen-bond acceptors (Lipinski definition) is 6. The number of benzene rings is 1. The van der Waals surface area contributed by atoms with Gasteiger partial charge in [0.2, 0.25) is 11.7 Å². The average molecular weight is 471 g/mol. The van der Waals surface area contributed by atoms with Gasteiger partial charge in [-0.3, -0.25) is 4.79 Å². The van der Waals surface area contributed by atoms with Gasteiger partial charge in [-0.1, -0.05) is 12.1 Å². The summed E-state index contributed by atoms with van der Waals surface area (Å²) >= 11 is 0. The van der Waals surface area contributed by atoms with Crippen LogP contribution in [-0.2, 0) is 30.9 Å². The van der Waals surface area contributed by atoms with Crippen molar-refractivity contribution in [3.63, 3.8) is 0 Å². The van der Waals surface area contributed by atoms with Gasteiger partial charge in [-0.05, 0) is 60.7 Å². The molecule has 178 valence electrons. The number of likely N-dealkylation sites (tertiary alicyclic amines) is 1. The number of anilines is 1. The van der Waals surface area contributed by atoms with E-state index in [0.29, 0.717) is 24.5 Å². The maximum absolute atomic E-state index is 12.9. The van der Waals surface area contributed by atoms with Crippen LogP contribution in [0.4, 0.5) is 19.0 Å². The minimum Gasteiger partial charge on any atom is -0.363 e. The molecule has 11 heteroatoms. The van der Waals surface area contributed by atoms with Crippen molar-refractivity contribution in [2.45, 2.75) is 44.3 Å². The van der Waals surface area contributed by atoms with Gasteiger partial charge in [0.15, 0.2) is 0 Å². The van der Waals surface area contributed by atoms with E-state index in [2.05, 4.69) is 26.8 Å². The van der Waals surface area contributed by atoms with Crippen LogP contribution in [0.1, 0.15) is 35.2 Å². The Morgan fingerprint density at radius 1 is 1.21 bits per heavy atom. The third kappa shape index (κ3) is 4.22. The second-order valence-electron chi connectivity index (χ2n) is 9.07. The molecule has 3 aromatic rings. The van der Waals surface area contributed by atoms with Crippen molar-refractivity contribution in [3.05, 3.63) is 52.7 Å². The number of halogens is 3. The molecule has 2 aliphatic heterocycles. The van der Waals surface area contributed by atoms with Crippen LogP contribution in [0, 0.1) is 6.92 Å². The highest BCUT2D eigenvalue weighted by molar-refractivity contribution is 5.79. The Kier molecular flexibility index (Phi) is 5.29. The summed E-state index contributed by atoms with van der Waals surface area (Å²) in [4.78, 5) is 20.8. The number of hydrogen-bond donors (Lipinski definition) is 1. The van der Waals surface area contributed by atoms with Gasteiger partial charge >= 0.3 is 6.18 Å². The molecule has 0 bridgehead atoms. The van der Waals surface area contributed by atoms with Crippen LogP contribution in [-0.4, -0.2) is 54.6 Å². The van der Waals surface area contributed by atoms with Crippen molar-refractivity contribution >= 4 is 11.7 Å². The fraction of sp³-hybridized carbons (Fsp3) is 0.435. The molecule has 1 N–H and O–H groups in total. The second-order valence-corrected chi connectivity index (χ2v) is 9.07. The summed E-state index contributed by atoms with van der Waals surface area (Å²) in [6, 6.07) is 6.84. The van der Waals surface area contributed by atoms with Crippen LogP contribution in [0.15, 0.2) is 30.3 Å². The summed E-state index contributed by atoms with van der Waals surface area (Å²) in [5.74, 6) is 1.27. The number of alkyl halides is 3. The largest absolute Gasteiger partial charge is 0.416 e. The van der Waals surface area contributed by atoms with E-state index in [9.17, 15) is 18.0 Å². The van der Waals surface area contributed by atoms with Gasteiger partial charge in [-0.25, -0.2) is 4.98 Å². The number of rotatable bonds is 3. The van der Waals surface area contributed by atoms with Crippen molar-refractivity contribution in [1.82, 2.24) is 30.1 Å². The van der Waals surface area contributed by atoms with Crippen molar-refractivity contribution in [1.29, 1.82) is 0 Å². The third-order valence-corrected chi connectivity index (χ3v) is 6.64. The number of carbonyl (C=O) groups is 1. The molecule has 1 saturated heterocycles. The van der Waals surface area contributed by atoms with Crippen molar-refractivity contribution < 1.29 is 18.0 Å². The Bertz CT molecular complexity index is 1240. The van der Waals surface area contributed by atoms with E-state index in [0.717, 1.165) is 54.0 Å². The lowest BCUT2D eigenvalue weighted by Gasteiger charge is -2.36. The molecule has 34 heavy (non-hydrogen) atoms. The monoisotopic (exact) mass is 471 g/mol. The number of aryl methyl sites for hydroxylation is 3. The zero-order chi connectivity index (χ0) is 24.1. The molecule has 1 fully saturated rings. The van der Waals surface area contributed by atoms with E-state index in [1.165, 1.54) is 16.9 Å². The summed E-state index contributed by atoms with van der Waals surface area (Å²) in [5, 5.41) is 15.8. The van der Waals surface area contributed by atoms with Crippen LogP contribution >= 0.6 is 0 Å². The number of fused-ring (bicyclic) bond motifs is 1. The van der Waals surface area contributed by atoms with Crippen LogP contribution in [0.3, 0.4) is 0 Å². The molecule has 2 aromatic heterocycles. The molecule has 0 unspecified atom stereocenters. The predicted octanol–water partition coefficient (Wildman–Crippen LogP) is 3.17. The highest BCUT2D eigenvalue weighted by Crippen LogP contribution is 2.38. The van der Waals surface area contributed by atoms with Gasteiger partial charge in [0, 0.05) is 18.7 Å². The van der Waals surface area contributed by atoms with Gasteiger partial charge in [-0.2, -0.15) is 18.0 Å². The van der Waals surface area contributed by atoms with Gasteiger partial charge in [0.1, 0.15) is 5.82 Å². The standard InChI is InChI=1S/C23H24F3N7O/c1-14-18(21-29-31-32(2)30-21)12-16-7-8-22(28-20(16)27-14)9-10-33(13-22)19(34)11-15-3-5-17(6-4-15)23(24,25)26/h3-6,12H,7-11,13H2,1-2H3,(H,27,28)/t22-/m0/s1. The van der Waals surface area contributed by atoms with Crippen molar-refractivity contribution in [3.8, 4) is 11.4 Å². The average Bonchev–Trinajstić information content (AvgIpc) is 3.40. The number of aromatic nitrogens is 5. The Morgan fingerprint density at radius 2 is 1.97 bits per heavy atom. The van der Waals surface area contributed by atoms with Gasteiger partial charge < -0.3 is 10.2 Å². The number of pyridine rings is 1. The molecule has 8 nitrogen and oxygen atoms in total. The molecule has 1 aromatic carbocycles. The van der Waals surface area contributed by atoms with Crippen LogP contribution in [0.25, 0.3) is 11.4 Å². The number of nitrogens with one attached hydrogen (secondary N) is 1. The molecule has 1 atom stereocenters. The van der Waals surface area contributed by atoms with E-state index in [1.54, 1.807) is 11.9 Å². The molecule has 5 rings (SSSR count). The van der Waals surface area contributed by atoms with E-state index in [-0.39, 0.29) is 17.9 Å². The van der Waals surface area contributed by atoms with E-state index in [1.807, 2.05) is 6.92 Å². The summed E-state index contributed by atoms with van der Waals surface area (Å²) in [6.45, 7) is 3.05. The number of carbonyl (C=O) groups excluding carboxylic acids is 1. The van der Waals surface area contributed by atoms with E-state index in [4.69, 9.17) is 4.98 Å². The first-order valence-corrected chi connectivity index (χ1v) is 11.1. The molecule has 1 amide bonds. The molecule has 0 aliphatic carbocycles. The Balaban J connectivity index is 1.27. The topological polar surface area (TPSA) is 88.8 Å². The SMILES string of the molecule is Cc1nc2c(cc1-c1nnn(C)n1)CC[C@@]1(CCN(C(=O)Cc3ccc(C(F)(F)F)cc3)C1)N2. The lowest BCUT2D eigenvalue weighted by Crippen LogP contribution is -2.45. The van der Waals surface area contributed by atoms with Crippen LogP contribution in [0.5, 0.6) is 0 Å². The molecular formula is C23H24F3N7O. The highest BCUT2D eigenvalue weighted by Gasteiger charge is 2.42. The molecule has 1 spiro atoms. The summed E-state index contributed by atoms with van der Waals surface area (Å²) in [6.07, 6.45) is -1.85. The van der Waals surface area contributed by atoms with Crippen molar-refractivity contribution in [2.24, 2.45) is 7.05 Å². The quantitative estimate of drug-likeness (QED) is 0.631. The zero-order valence-electron chi connectivity index (χ0n) is 18.9. The lowest BCUT2D eigenvalue weighted by atomic mass is 9.86. The molecular weight excluding hydrogens is 447 g/mol. The van der Waals surface area contributed by atoms with Crippen molar-refractivity contribution in [2.75, 3.05) is 18.4 Å². The van der Waals surface area contributed by atoms with E-state index >= 15 is 0 Å². The van der Waals surface area contributed by atoms with Crippen LogP contribution in [0.2, 0.25) is 0 Å². The maximum Gasteiger partial charge on any atom is 0.416 e. The molecule has 4 heterocycles. The Morgan fingerprint density at radius 3 is 2.65 bits per heavy atom. The number of tetrazole rings is 1. The zero-order valence-corrected chi connectivity index (χ0v) is 18.9. The summed E-state index contributed by atoms with van der Waals surface area (Å²) in [5.41, 5.74) is 2.33. The Labute approximate surface area is 194 Å². The number of amides is 1. The normalized spacial score (nSPS) is 19.9. The third-order valence-electron chi connectivity index (χ3n) is 6.64. The smallest absolute Gasteiger partial charge is 0.363 e. The van der Waals surface area contributed by atoms with Gasteiger partial charge in [0.05, 0.1) is 30.3 Å². The predicted molar refractivity (Wildman–Crippen MR) is 118 cm³/mol. The summed E-state index contributed by atoms with van der Waals surface area (Å²) in [7, 11) is 1.72. The van der Waals surface area contributed by atoms with Gasteiger partial charge in [-0.15, -0.1) is 10.2 Å². The fourth-order valence-electron chi connectivity index (χ4n) is 4.74. The van der Waals surface area contributed by atoms with Crippen LogP contribution < -0.4 is 5.32 Å². The first-order valence-electron chi connectivity index (χ1n) is 11.1. The second kappa shape index (κ2) is 8.07. The maximum atomic E-state index is 12.9. The first kappa shape index (κ1) is 22.3. The number of nitrogens with zero attached hydrogens (tertiary/aromatic N) is 6. The minimum absolute atomic E-state index is 0.0800. The Hall–Kier alpha value is -3.50. The molecule has 0 radical (unpaired) electrons. The van der Waals surface area contributed by atoms with E-state index < -0.39 is 11.7 Å². The summed E-state index contributed by atoms with van der Waals surface area (Å²) < 4.78 is 38.3. The fourth-order valence-corrected chi connectivity index (χ4v) is 4.74.